The van der Waals surface area contributed by atoms with E-state index in [0.29, 0.717) is 46.0 Å². The van der Waals surface area contributed by atoms with Gasteiger partial charge in [-0.2, -0.15) is 0 Å². The zero-order valence-corrected chi connectivity index (χ0v) is 20.3. The van der Waals surface area contributed by atoms with Crippen molar-refractivity contribution in [3.63, 3.8) is 0 Å². The minimum absolute atomic E-state index is 0.00942. The molecule has 0 unspecified atom stereocenters. The molecule has 0 aliphatic rings. The van der Waals surface area contributed by atoms with Crippen molar-refractivity contribution in [1.82, 2.24) is 5.32 Å². The van der Waals surface area contributed by atoms with Gasteiger partial charge in [-0.3, -0.25) is 9.59 Å². The Morgan fingerprint density at radius 2 is 1.42 bits per heavy atom. The summed E-state index contributed by atoms with van der Waals surface area (Å²) in [5, 5.41) is 11.2. The lowest BCUT2D eigenvalue weighted by molar-refractivity contribution is -0.138. The Hall–Kier alpha value is -2.12. The third-order valence-corrected chi connectivity index (χ3v) is 5.21. The van der Waals surface area contributed by atoms with E-state index in [-0.39, 0.29) is 18.7 Å². The largest absolute Gasteiger partial charge is 0.491 e. The average Bonchev–Trinajstić information content (AvgIpc) is 2.81. The van der Waals surface area contributed by atoms with Crippen LogP contribution in [0.5, 0.6) is 5.75 Å². The number of rotatable bonds is 22. The van der Waals surface area contributed by atoms with E-state index in [0.717, 1.165) is 12.2 Å². The number of hydrogen-bond donors (Lipinski definition) is 2. The molecule has 1 aromatic rings. The van der Waals surface area contributed by atoms with Crippen molar-refractivity contribution >= 4 is 11.9 Å². The predicted molar refractivity (Wildman–Crippen MR) is 130 cm³/mol. The molecule has 0 saturated carbocycles. The Balaban J connectivity index is 1.90. The molecule has 1 aromatic carbocycles. The van der Waals surface area contributed by atoms with Gasteiger partial charge < -0.3 is 24.6 Å². The summed E-state index contributed by atoms with van der Waals surface area (Å²) in [4.78, 5) is 21.7. The molecule has 0 atom stereocenters. The Bertz CT molecular complexity index is 620. The lowest BCUT2D eigenvalue weighted by Crippen LogP contribution is -2.25. The fraction of sp³-hybridized carbons (Fsp3) is 0.692. The molecule has 33 heavy (non-hydrogen) atoms. The number of carbonyl (C=O) groups is 2. The predicted octanol–water partition coefficient (Wildman–Crippen LogP) is 4.76. The molecule has 0 aromatic heterocycles. The fourth-order valence-electron chi connectivity index (χ4n) is 3.29. The number of aliphatic carboxylic acids is 1. The zero-order valence-electron chi connectivity index (χ0n) is 20.3. The molecule has 0 aliphatic heterocycles. The van der Waals surface area contributed by atoms with Gasteiger partial charge in [0.05, 0.1) is 26.2 Å². The van der Waals surface area contributed by atoms with Gasteiger partial charge in [0.1, 0.15) is 12.4 Å². The SMILES string of the molecule is CCCCCCCCCc1ccc(OCCOCCOCCCNC(=O)CCC(=O)O)cc1. The zero-order chi connectivity index (χ0) is 24.0. The van der Waals surface area contributed by atoms with Gasteiger partial charge in [0, 0.05) is 19.6 Å². The third kappa shape index (κ3) is 18.0. The molecule has 0 heterocycles. The van der Waals surface area contributed by atoms with Crippen molar-refractivity contribution < 1.29 is 28.9 Å². The van der Waals surface area contributed by atoms with Crippen LogP contribution in [0.15, 0.2) is 24.3 Å². The van der Waals surface area contributed by atoms with Gasteiger partial charge in [0.2, 0.25) is 5.91 Å². The van der Waals surface area contributed by atoms with Crippen molar-refractivity contribution in [3.05, 3.63) is 29.8 Å². The maximum absolute atomic E-state index is 11.3. The van der Waals surface area contributed by atoms with Crippen LogP contribution in [0.3, 0.4) is 0 Å². The highest BCUT2D eigenvalue weighted by Gasteiger charge is 2.04. The fourth-order valence-corrected chi connectivity index (χ4v) is 3.29. The van der Waals surface area contributed by atoms with Gasteiger partial charge in [-0.05, 0) is 37.0 Å². The minimum atomic E-state index is -0.967. The highest BCUT2D eigenvalue weighted by atomic mass is 16.5. The lowest BCUT2D eigenvalue weighted by Gasteiger charge is -2.09. The number of carbonyl (C=O) groups excluding carboxylic acids is 1. The van der Waals surface area contributed by atoms with E-state index in [4.69, 9.17) is 19.3 Å². The van der Waals surface area contributed by atoms with Crippen LogP contribution in [-0.2, 0) is 25.5 Å². The molecule has 2 N–H and O–H groups in total. The maximum atomic E-state index is 11.3. The average molecular weight is 466 g/mol. The van der Waals surface area contributed by atoms with Crippen LogP contribution < -0.4 is 10.1 Å². The first kappa shape index (κ1) is 28.9. The number of ether oxygens (including phenoxy) is 3. The molecule has 1 rings (SSSR count). The van der Waals surface area contributed by atoms with E-state index in [9.17, 15) is 9.59 Å². The molecule has 1 amide bonds. The van der Waals surface area contributed by atoms with Crippen molar-refractivity contribution in [2.75, 3.05) is 39.6 Å². The van der Waals surface area contributed by atoms with Crippen LogP contribution in [0.2, 0.25) is 0 Å². The summed E-state index contributed by atoms with van der Waals surface area (Å²) >= 11 is 0. The second kappa shape index (κ2) is 20.5. The highest BCUT2D eigenvalue weighted by molar-refractivity contribution is 5.80. The number of aryl methyl sites for hydroxylation is 1. The van der Waals surface area contributed by atoms with Gasteiger partial charge in [-0.25, -0.2) is 0 Å². The molecule has 0 fully saturated rings. The van der Waals surface area contributed by atoms with Crippen LogP contribution in [-0.4, -0.2) is 56.6 Å². The summed E-state index contributed by atoms with van der Waals surface area (Å²) in [6.45, 7) is 5.23. The molecular weight excluding hydrogens is 422 g/mol. The summed E-state index contributed by atoms with van der Waals surface area (Å²) in [6.07, 6.45) is 11.0. The van der Waals surface area contributed by atoms with Gasteiger partial charge in [0.15, 0.2) is 0 Å². The molecule has 0 saturated heterocycles. The third-order valence-electron chi connectivity index (χ3n) is 5.21. The van der Waals surface area contributed by atoms with Crippen molar-refractivity contribution in [1.29, 1.82) is 0 Å². The molecule has 188 valence electrons. The summed E-state index contributed by atoms with van der Waals surface area (Å²) < 4.78 is 16.7. The number of carboxylic acids is 1. The second-order valence-corrected chi connectivity index (χ2v) is 8.19. The van der Waals surface area contributed by atoms with Crippen molar-refractivity contribution in [2.45, 2.75) is 77.6 Å². The molecule has 7 heteroatoms. The smallest absolute Gasteiger partial charge is 0.303 e. The van der Waals surface area contributed by atoms with Crippen LogP contribution >= 0.6 is 0 Å². The minimum Gasteiger partial charge on any atom is -0.491 e. The highest BCUT2D eigenvalue weighted by Crippen LogP contribution is 2.15. The van der Waals surface area contributed by atoms with Gasteiger partial charge >= 0.3 is 5.97 Å². The summed E-state index contributed by atoms with van der Waals surface area (Å²) in [7, 11) is 0. The van der Waals surface area contributed by atoms with Crippen LogP contribution in [0, 0.1) is 0 Å². The van der Waals surface area contributed by atoms with Crippen LogP contribution in [0.25, 0.3) is 0 Å². The normalized spacial score (nSPS) is 10.8. The van der Waals surface area contributed by atoms with Crippen LogP contribution in [0.4, 0.5) is 0 Å². The molecule has 0 spiro atoms. The topological polar surface area (TPSA) is 94.1 Å². The molecule has 0 bridgehead atoms. The Morgan fingerprint density at radius 3 is 2.12 bits per heavy atom. The Kier molecular flexibility index (Phi) is 17.9. The Morgan fingerprint density at radius 1 is 0.788 bits per heavy atom. The number of carboxylic acid groups (broad SMARTS) is 1. The van der Waals surface area contributed by atoms with Gasteiger partial charge in [-0.1, -0.05) is 57.6 Å². The monoisotopic (exact) mass is 465 g/mol. The summed E-state index contributed by atoms with van der Waals surface area (Å²) in [5.41, 5.74) is 1.36. The van der Waals surface area contributed by atoms with Gasteiger partial charge in [-0.15, -0.1) is 0 Å². The molecular formula is C26H43NO6. The summed E-state index contributed by atoms with van der Waals surface area (Å²) in [6, 6.07) is 8.35. The molecule has 0 radical (unpaired) electrons. The van der Waals surface area contributed by atoms with E-state index in [1.165, 1.54) is 50.5 Å². The maximum Gasteiger partial charge on any atom is 0.303 e. The number of unbranched alkanes of at least 4 members (excludes halogenated alkanes) is 6. The standard InChI is InChI=1S/C26H43NO6/c1-2-3-4-5-6-7-8-10-23-11-13-24(14-12-23)33-22-21-32-20-19-31-18-9-17-27-25(28)15-16-26(29)30/h11-14H,2-10,15-22H2,1H3,(H,27,28)(H,29,30). The summed E-state index contributed by atoms with van der Waals surface area (Å²) in [5.74, 6) is -0.349. The van der Waals surface area contributed by atoms with E-state index in [1.54, 1.807) is 0 Å². The number of amides is 1. The van der Waals surface area contributed by atoms with E-state index < -0.39 is 5.97 Å². The van der Waals surface area contributed by atoms with E-state index >= 15 is 0 Å². The van der Waals surface area contributed by atoms with E-state index in [2.05, 4.69) is 24.4 Å². The van der Waals surface area contributed by atoms with Gasteiger partial charge in [0.25, 0.3) is 0 Å². The number of nitrogens with one attached hydrogen (secondary N) is 1. The molecule has 0 aliphatic carbocycles. The first-order valence-corrected chi connectivity index (χ1v) is 12.5. The first-order chi connectivity index (χ1) is 16.1. The molecule has 7 nitrogen and oxygen atoms in total. The van der Waals surface area contributed by atoms with Crippen LogP contribution in [0.1, 0.15) is 76.7 Å². The lowest BCUT2D eigenvalue weighted by atomic mass is 10.0. The number of benzene rings is 1. The quantitative estimate of drug-likeness (QED) is 0.240. The first-order valence-electron chi connectivity index (χ1n) is 12.5. The Labute approximate surface area is 199 Å². The van der Waals surface area contributed by atoms with Crippen molar-refractivity contribution in [3.8, 4) is 5.75 Å². The number of hydrogen-bond acceptors (Lipinski definition) is 5. The second-order valence-electron chi connectivity index (χ2n) is 8.19. The van der Waals surface area contributed by atoms with E-state index in [1.807, 2.05) is 12.1 Å². The van der Waals surface area contributed by atoms with Crippen molar-refractivity contribution in [2.24, 2.45) is 0 Å².